The summed E-state index contributed by atoms with van der Waals surface area (Å²) in [4.78, 5) is 0. The molecule has 3 nitrogen and oxygen atoms in total. The summed E-state index contributed by atoms with van der Waals surface area (Å²) >= 11 is 0. The van der Waals surface area contributed by atoms with E-state index in [0.29, 0.717) is 0 Å². The summed E-state index contributed by atoms with van der Waals surface area (Å²) in [5.41, 5.74) is 8.78. The van der Waals surface area contributed by atoms with Crippen LogP contribution in [0.5, 0.6) is 0 Å². The van der Waals surface area contributed by atoms with E-state index in [4.69, 9.17) is 15.2 Å². The number of hydrogen-bond donors (Lipinski definition) is 1. The van der Waals surface area contributed by atoms with Crippen LogP contribution in [0.15, 0.2) is 24.3 Å². The van der Waals surface area contributed by atoms with Gasteiger partial charge in [0.15, 0.2) is 5.79 Å². The van der Waals surface area contributed by atoms with Crippen molar-refractivity contribution >= 4 is 5.69 Å². The van der Waals surface area contributed by atoms with Crippen molar-refractivity contribution in [3.63, 3.8) is 0 Å². The quantitative estimate of drug-likeness (QED) is 0.852. The van der Waals surface area contributed by atoms with Crippen LogP contribution in [0.3, 0.4) is 0 Å². The van der Waals surface area contributed by atoms with Crippen molar-refractivity contribution in [3.05, 3.63) is 29.8 Å². The minimum atomic E-state index is -0.292. The molecule has 116 valence electrons. The predicted molar refractivity (Wildman–Crippen MR) is 85.2 cm³/mol. The number of para-hydroxylation sites is 1. The van der Waals surface area contributed by atoms with Crippen LogP contribution in [0, 0.1) is 0 Å². The fourth-order valence-electron chi connectivity index (χ4n) is 4.04. The van der Waals surface area contributed by atoms with Crippen LogP contribution in [0.1, 0.15) is 57.4 Å². The maximum absolute atomic E-state index is 6.29. The van der Waals surface area contributed by atoms with Gasteiger partial charge in [0.2, 0.25) is 0 Å². The maximum Gasteiger partial charge on any atom is 0.168 e. The van der Waals surface area contributed by atoms with Gasteiger partial charge in [-0.25, -0.2) is 0 Å². The molecule has 1 heterocycles. The molecule has 0 atom stereocenters. The third-order valence-corrected chi connectivity index (χ3v) is 5.32. The first kappa shape index (κ1) is 14.9. The fourth-order valence-corrected chi connectivity index (χ4v) is 4.04. The molecule has 1 spiro atoms. The molecule has 0 unspecified atom stereocenters. The van der Waals surface area contributed by atoms with Crippen molar-refractivity contribution in [1.82, 2.24) is 0 Å². The Morgan fingerprint density at radius 3 is 2.33 bits per heavy atom. The summed E-state index contributed by atoms with van der Waals surface area (Å²) in [5.74, 6) is -0.292. The predicted octanol–water partition coefficient (Wildman–Crippen LogP) is 4.01. The number of unbranched alkanes of at least 4 members (excludes halogenated alkanes) is 1. The smallest absolute Gasteiger partial charge is 0.168 e. The number of ether oxygens (including phenoxy) is 2. The lowest BCUT2D eigenvalue weighted by atomic mass is 9.65. The van der Waals surface area contributed by atoms with Gasteiger partial charge in [0.05, 0.1) is 13.2 Å². The van der Waals surface area contributed by atoms with E-state index in [1.165, 1.54) is 24.8 Å². The molecule has 3 heteroatoms. The number of nitrogen functional groups attached to an aromatic ring is 1. The second-order valence-electron chi connectivity index (χ2n) is 6.58. The van der Waals surface area contributed by atoms with E-state index in [2.05, 4.69) is 19.1 Å². The Bertz CT molecular complexity index is 470. The van der Waals surface area contributed by atoms with Crippen LogP contribution < -0.4 is 5.73 Å². The molecule has 2 aliphatic rings. The second kappa shape index (κ2) is 5.98. The molecule has 2 N–H and O–H groups in total. The summed E-state index contributed by atoms with van der Waals surface area (Å²) in [7, 11) is 0. The van der Waals surface area contributed by atoms with Crippen molar-refractivity contribution in [2.45, 2.75) is 63.1 Å². The van der Waals surface area contributed by atoms with Crippen molar-refractivity contribution in [2.75, 3.05) is 18.9 Å². The Balaban J connectivity index is 1.84. The summed E-state index contributed by atoms with van der Waals surface area (Å²) in [6.45, 7) is 3.75. The third kappa shape index (κ3) is 2.82. The molecule has 2 fully saturated rings. The van der Waals surface area contributed by atoms with Crippen LogP contribution >= 0.6 is 0 Å². The van der Waals surface area contributed by atoms with Crippen LogP contribution in [0.25, 0.3) is 0 Å². The standard InChI is InChI=1S/C18H27NO2/c1-2-3-8-17(15-6-4-5-7-16(15)19)9-11-18(12-10-17)20-13-14-21-18/h4-7H,2-3,8-14,19H2,1H3. The topological polar surface area (TPSA) is 44.5 Å². The molecule has 1 saturated heterocycles. The Morgan fingerprint density at radius 2 is 1.71 bits per heavy atom. The Kier molecular flexibility index (Phi) is 4.23. The molecule has 1 aromatic carbocycles. The third-order valence-electron chi connectivity index (χ3n) is 5.32. The van der Waals surface area contributed by atoms with Crippen molar-refractivity contribution in [3.8, 4) is 0 Å². The van der Waals surface area contributed by atoms with Crippen LogP contribution in [-0.2, 0) is 14.9 Å². The van der Waals surface area contributed by atoms with Crippen molar-refractivity contribution < 1.29 is 9.47 Å². The lowest BCUT2D eigenvalue weighted by Crippen LogP contribution is -2.42. The fraction of sp³-hybridized carbons (Fsp3) is 0.667. The van der Waals surface area contributed by atoms with Gasteiger partial charge in [0.25, 0.3) is 0 Å². The lowest BCUT2D eigenvalue weighted by Gasteiger charge is -2.44. The van der Waals surface area contributed by atoms with Crippen LogP contribution in [0.4, 0.5) is 5.69 Å². The molecule has 1 aliphatic carbocycles. The Hall–Kier alpha value is -1.06. The highest BCUT2D eigenvalue weighted by molar-refractivity contribution is 5.51. The van der Waals surface area contributed by atoms with E-state index in [1.807, 2.05) is 12.1 Å². The average molecular weight is 289 g/mol. The largest absolute Gasteiger partial charge is 0.398 e. The molecule has 0 bridgehead atoms. The zero-order valence-corrected chi connectivity index (χ0v) is 13.1. The van der Waals surface area contributed by atoms with E-state index < -0.39 is 0 Å². The number of benzene rings is 1. The summed E-state index contributed by atoms with van der Waals surface area (Å²) in [5, 5.41) is 0. The van der Waals surface area contributed by atoms with Gasteiger partial charge in [-0.2, -0.15) is 0 Å². The summed E-state index contributed by atoms with van der Waals surface area (Å²) < 4.78 is 11.8. The van der Waals surface area contributed by atoms with Gasteiger partial charge in [-0.1, -0.05) is 38.0 Å². The molecule has 21 heavy (non-hydrogen) atoms. The molecule has 1 aromatic rings. The molecule has 0 aromatic heterocycles. The van der Waals surface area contributed by atoms with Crippen LogP contribution in [0.2, 0.25) is 0 Å². The van der Waals surface area contributed by atoms with Crippen molar-refractivity contribution in [1.29, 1.82) is 0 Å². The van der Waals surface area contributed by atoms with Gasteiger partial charge >= 0.3 is 0 Å². The number of nitrogens with two attached hydrogens (primary N) is 1. The molecule has 0 amide bonds. The Labute approximate surface area is 127 Å². The molecular weight excluding hydrogens is 262 g/mol. The number of anilines is 1. The van der Waals surface area contributed by atoms with Gasteiger partial charge in [-0.05, 0) is 36.3 Å². The average Bonchev–Trinajstić information content (AvgIpc) is 2.97. The lowest BCUT2D eigenvalue weighted by molar-refractivity contribution is -0.185. The normalized spacial score (nSPS) is 23.5. The van der Waals surface area contributed by atoms with Gasteiger partial charge in [0.1, 0.15) is 0 Å². The van der Waals surface area contributed by atoms with Crippen molar-refractivity contribution in [2.24, 2.45) is 0 Å². The molecule has 1 saturated carbocycles. The van der Waals surface area contributed by atoms with E-state index in [9.17, 15) is 0 Å². The van der Waals surface area contributed by atoms with Gasteiger partial charge in [0, 0.05) is 18.5 Å². The second-order valence-corrected chi connectivity index (χ2v) is 6.58. The summed E-state index contributed by atoms with van der Waals surface area (Å²) in [6, 6.07) is 8.40. The van der Waals surface area contributed by atoms with Gasteiger partial charge in [-0.15, -0.1) is 0 Å². The zero-order chi connectivity index (χ0) is 14.8. The van der Waals surface area contributed by atoms with E-state index in [-0.39, 0.29) is 11.2 Å². The molecule has 3 rings (SSSR count). The van der Waals surface area contributed by atoms with E-state index >= 15 is 0 Å². The highest BCUT2D eigenvalue weighted by atomic mass is 16.7. The molecular formula is C18H27NO2. The monoisotopic (exact) mass is 289 g/mol. The highest BCUT2D eigenvalue weighted by Crippen LogP contribution is 2.50. The first-order valence-corrected chi connectivity index (χ1v) is 8.33. The van der Waals surface area contributed by atoms with Crippen LogP contribution in [-0.4, -0.2) is 19.0 Å². The number of rotatable bonds is 4. The molecule has 0 radical (unpaired) electrons. The first-order chi connectivity index (χ1) is 10.2. The highest BCUT2D eigenvalue weighted by Gasteiger charge is 2.47. The SMILES string of the molecule is CCCCC1(c2ccccc2N)CCC2(CC1)OCCO2. The molecule has 1 aliphatic heterocycles. The zero-order valence-electron chi connectivity index (χ0n) is 13.1. The number of hydrogen-bond acceptors (Lipinski definition) is 3. The minimum Gasteiger partial charge on any atom is -0.398 e. The van der Waals surface area contributed by atoms with Gasteiger partial charge < -0.3 is 15.2 Å². The summed E-state index contributed by atoms with van der Waals surface area (Å²) in [6.07, 6.45) is 7.90. The van der Waals surface area contributed by atoms with E-state index in [0.717, 1.165) is 44.6 Å². The maximum atomic E-state index is 6.29. The Morgan fingerprint density at radius 1 is 1.05 bits per heavy atom. The minimum absolute atomic E-state index is 0.210. The first-order valence-electron chi connectivity index (χ1n) is 8.33. The van der Waals surface area contributed by atoms with Gasteiger partial charge in [-0.3, -0.25) is 0 Å². The van der Waals surface area contributed by atoms with E-state index in [1.54, 1.807) is 0 Å².